The highest BCUT2D eigenvalue weighted by molar-refractivity contribution is 7.88. The third-order valence-electron chi connectivity index (χ3n) is 2.21. The van der Waals surface area contributed by atoms with Gasteiger partial charge in [-0.2, -0.15) is 0 Å². The van der Waals surface area contributed by atoms with Crippen molar-refractivity contribution in [2.45, 2.75) is 19.4 Å². The van der Waals surface area contributed by atoms with E-state index in [1.807, 2.05) is 0 Å². The topological polar surface area (TPSA) is 114 Å². The van der Waals surface area contributed by atoms with Crippen molar-refractivity contribution in [3.8, 4) is 0 Å². The van der Waals surface area contributed by atoms with Gasteiger partial charge in [-0.25, -0.2) is 18.1 Å². The summed E-state index contributed by atoms with van der Waals surface area (Å²) in [6.45, 7) is 3.45. The second kappa shape index (κ2) is 5.54. The van der Waals surface area contributed by atoms with Gasteiger partial charge >= 0.3 is 0 Å². The third kappa shape index (κ3) is 5.23. The molecule has 4 N–H and O–H groups in total. The van der Waals surface area contributed by atoms with Crippen molar-refractivity contribution < 1.29 is 13.2 Å². The van der Waals surface area contributed by atoms with Crippen LogP contribution in [0.5, 0.6) is 0 Å². The summed E-state index contributed by atoms with van der Waals surface area (Å²) in [5.74, 6) is -0.443. The molecule has 1 heterocycles. The second-order valence-corrected chi connectivity index (χ2v) is 6.63. The number of sulfonamides is 1. The zero-order valence-electron chi connectivity index (χ0n) is 11.1. The Balaban J connectivity index is 2.67. The Morgan fingerprint density at radius 1 is 1.47 bits per heavy atom. The molecule has 1 aromatic rings. The predicted octanol–water partition coefficient (Wildman–Crippen LogP) is -0.279. The molecule has 0 spiro atoms. The van der Waals surface area contributed by atoms with Gasteiger partial charge in [0, 0.05) is 18.3 Å². The Hall–Kier alpha value is -1.67. The fourth-order valence-electron chi connectivity index (χ4n) is 1.53. The normalized spacial score (nSPS) is 12.2. The zero-order chi connectivity index (χ0) is 14.7. The molecular weight excluding hydrogens is 268 g/mol. The van der Waals surface area contributed by atoms with Gasteiger partial charge in [-0.15, -0.1) is 0 Å². The van der Waals surface area contributed by atoms with Crippen LogP contribution in [0.1, 0.15) is 24.3 Å². The lowest BCUT2D eigenvalue weighted by Crippen LogP contribution is -2.51. The van der Waals surface area contributed by atoms with Crippen LogP contribution >= 0.6 is 0 Å². The molecule has 0 saturated carbocycles. The molecule has 106 valence electrons. The van der Waals surface area contributed by atoms with Crippen LogP contribution in [0, 0.1) is 0 Å². The summed E-state index contributed by atoms with van der Waals surface area (Å²) in [5.41, 5.74) is 5.22. The molecule has 1 amide bonds. The quantitative estimate of drug-likeness (QED) is 0.689. The first-order valence-corrected chi connectivity index (χ1v) is 7.47. The van der Waals surface area contributed by atoms with Crippen LogP contribution in [0.2, 0.25) is 0 Å². The van der Waals surface area contributed by atoms with Gasteiger partial charge in [-0.05, 0) is 26.0 Å². The molecule has 1 rings (SSSR count). The van der Waals surface area contributed by atoms with Crippen molar-refractivity contribution >= 4 is 21.6 Å². The van der Waals surface area contributed by atoms with Crippen molar-refractivity contribution in [3.05, 3.63) is 24.0 Å². The summed E-state index contributed by atoms with van der Waals surface area (Å²) in [5, 5.41) is 2.59. The zero-order valence-corrected chi connectivity index (χ0v) is 11.9. The average Bonchev–Trinajstić information content (AvgIpc) is 2.23. The number of pyridine rings is 1. The maximum absolute atomic E-state index is 11.8. The van der Waals surface area contributed by atoms with Gasteiger partial charge in [0.15, 0.2) is 5.69 Å². The summed E-state index contributed by atoms with van der Waals surface area (Å²) in [6.07, 6.45) is 2.53. The van der Waals surface area contributed by atoms with Gasteiger partial charge in [0.1, 0.15) is 0 Å². The lowest BCUT2D eigenvalue weighted by Gasteiger charge is -2.25. The maximum atomic E-state index is 11.8. The number of carbonyl (C=O) groups excluding carboxylic acids is 1. The van der Waals surface area contributed by atoms with E-state index in [1.54, 1.807) is 26.0 Å². The van der Waals surface area contributed by atoms with Gasteiger partial charge in [-0.3, -0.25) is 4.79 Å². The number of carbonyl (C=O) groups is 1. The second-order valence-electron chi connectivity index (χ2n) is 4.88. The van der Waals surface area contributed by atoms with Crippen LogP contribution in [0.4, 0.5) is 5.69 Å². The van der Waals surface area contributed by atoms with Gasteiger partial charge < -0.3 is 11.1 Å². The van der Waals surface area contributed by atoms with Crippen LogP contribution in [0.15, 0.2) is 18.3 Å². The molecule has 0 aliphatic carbocycles. The standard InChI is InChI=1S/C11H18N4O3S/c1-11(2,15-19(3,17)18)7-14-10(16)9-8(12)5-4-6-13-9/h4-6,15H,7,12H2,1-3H3,(H,14,16). The van der Waals surface area contributed by atoms with Crippen LogP contribution < -0.4 is 15.8 Å². The number of nitrogens with zero attached hydrogens (tertiary/aromatic N) is 1. The van der Waals surface area contributed by atoms with Crippen molar-refractivity contribution in [1.82, 2.24) is 15.0 Å². The molecular formula is C11H18N4O3S. The molecule has 0 aliphatic heterocycles. The van der Waals surface area contributed by atoms with E-state index >= 15 is 0 Å². The van der Waals surface area contributed by atoms with E-state index < -0.39 is 21.5 Å². The number of hydrogen-bond donors (Lipinski definition) is 3. The average molecular weight is 286 g/mol. The number of hydrogen-bond acceptors (Lipinski definition) is 5. The van der Waals surface area contributed by atoms with Crippen molar-refractivity contribution in [2.24, 2.45) is 0 Å². The number of aromatic nitrogens is 1. The number of amides is 1. The number of rotatable bonds is 5. The van der Waals surface area contributed by atoms with E-state index in [1.165, 1.54) is 6.20 Å². The van der Waals surface area contributed by atoms with Crippen LogP contribution in [-0.2, 0) is 10.0 Å². The minimum atomic E-state index is -3.34. The van der Waals surface area contributed by atoms with Crippen molar-refractivity contribution in [2.75, 3.05) is 18.5 Å². The highest BCUT2D eigenvalue weighted by atomic mass is 32.2. The molecule has 0 fully saturated rings. The fraction of sp³-hybridized carbons (Fsp3) is 0.455. The number of nitrogen functional groups attached to an aromatic ring is 1. The number of anilines is 1. The summed E-state index contributed by atoms with van der Waals surface area (Å²) in [7, 11) is -3.34. The lowest BCUT2D eigenvalue weighted by molar-refractivity contribution is 0.0940. The van der Waals surface area contributed by atoms with Gasteiger partial charge in [-0.1, -0.05) is 0 Å². The highest BCUT2D eigenvalue weighted by Gasteiger charge is 2.23. The van der Waals surface area contributed by atoms with Crippen molar-refractivity contribution in [3.63, 3.8) is 0 Å². The van der Waals surface area contributed by atoms with E-state index in [-0.39, 0.29) is 17.9 Å². The first-order valence-electron chi connectivity index (χ1n) is 5.58. The van der Waals surface area contributed by atoms with Gasteiger partial charge in [0.25, 0.3) is 5.91 Å². The fourth-order valence-corrected chi connectivity index (χ4v) is 2.61. The number of nitrogens with two attached hydrogens (primary N) is 1. The van der Waals surface area contributed by atoms with Crippen LogP contribution in [-0.4, -0.2) is 37.6 Å². The smallest absolute Gasteiger partial charge is 0.272 e. The van der Waals surface area contributed by atoms with Gasteiger partial charge in [0.05, 0.1) is 11.9 Å². The molecule has 19 heavy (non-hydrogen) atoms. The minimum Gasteiger partial charge on any atom is -0.397 e. The maximum Gasteiger partial charge on any atom is 0.272 e. The minimum absolute atomic E-state index is 0.120. The summed E-state index contributed by atoms with van der Waals surface area (Å²) < 4.78 is 24.7. The Kier molecular flexibility index (Phi) is 4.48. The Labute approximate surface area is 112 Å². The Morgan fingerprint density at radius 2 is 2.11 bits per heavy atom. The molecule has 0 atom stereocenters. The Bertz CT molecular complexity index is 569. The first-order chi connectivity index (χ1) is 8.61. The molecule has 8 heteroatoms. The largest absolute Gasteiger partial charge is 0.397 e. The summed E-state index contributed by atoms with van der Waals surface area (Å²) in [4.78, 5) is 15.7. The lowest BCUT2D eigenvalue weighted by atomic mass is 10.1. The first kappa shape index (κ1) is 15.4. The number of nitrogens with one attached hydrogen (secondary N) is 2. The molecule has 7 nitrogen and oxygen atoms in total. The molecule has 0 bridgehead atoms. The Morgan fingerprint density at radius 3 is 2.63 bits per heavy atom. The molecule has 1 aromatic heterocycles. The molecule has 0 unspecified atom stereocenters. The summed E-state index contributed by atoms with van der Waals surface area (Å²) >= 11 is 0. The predicted molar refractivity (Wildman–Crippen MR) is 73.0 cm³/mol. The SMILES string of the molecule is CC(C)(CNC(=O)c1ncccc1N)NS(C)(=O)=O. The third-order valence-corrected chi connectivity index (χ3v) is 3.13. The van der Waals surface area contributed by atoms with E-state index in [0.29, 0.717) is 0 Å². The van der Waals surface area contributed by atoms with Gasteiger partial charge in [0.2, 0.25) is 10.0 Å². The van der Waals surface area contributed by atoms with E-state index in [9.17, 15) is 13.2 Å². The van der Waals surface area contributed by atoms with Crippen LogP contribution in [0.25, 0.3) is 0 Å². The van der Waals surface area contributed by atoms with E-state index in [2.05, 4.69) is 15.0 Å². The molecule has 0 aliphatic rings. The molecule has 0 saturated heterocycles. The van der Waals surface area contributed by atoms with Crippen LogP contribution in [0.3, 0.4) is 0 Å². The molecule has 0 aromatic carbocycles. The van der Waals surface area contributed by atoms with E-state index in [4.69, 9.17) is 5.73 Å². The van der Waals surface area contributed by atoms with Crippen molar-refractivity contribution in [1.29, 1.82) is 0 Å². The van der Waals surface area contributed by atoms with E-state index in [0.717, 1.165) is 6.26 Å². The highest BCUT2D eigenvalue weighted by Crippen LogP contribution is 2.07. The monoisotopic (exact) mass is 286 g/mol. The summed E-state index contributed by atoms with van der Waals surface area (Å²) in [6, 6.07) is 3.20. The molecule has 0 radical (unpaired) electrons.